The van der Waals surface area contributed by atoms with E-state index < -0.39 is 21.8 Å². The molecule has 0 saturated carbocycles. The molecule has 0 aliphatic rings. The molecule has 0 saturated heterocycles. The number of hydrogen-bond donors (Lipinski definition) is 2. The van der Waals surface area contributed by atoms with Crippen LogP contribution in [0.1, 0.15) is 21.9 Å². The minimum atomic E-state index is -3.93. The number of hydrogen-bond acceptors (Lipinski definition) is 6. The predicted octanol–water partition coefficient (Wildman–Crippen LogP) is 1.32. The average Bonchev–Trinajstić information content (AvgIpc) is 2.81. The molecule has 2 rings (SSSR count). The zero-order valence-electron chi connectivity index (χ0n) is 10.7. The lowest BCUT2D eigenvalue weighted by Crippen LogP contribution is -2.23. The third-order valence-electron chi connectivity index (χ3n) is 2.43. The van der Waals surface area contributed by atoms with Crippen LogP contribution in [0, 0.1) is 6.92 Å². The summed E-state index contributed by atoms with van der Waals surface area (Å²) in [5.41, 5.74) is 1.15. The number of sulfonamides is 1. The molecule has 2 aromatic rings. The van der Waals surface area contributed by atoms with Gasteiger partial charge in [0, 0.05) is 12.3 Å². The third-order valence-corrected chi connectivity index (χ3v) is 4.69. The molecule has 0 aliphatic heterocycles. The average molecular weight is 376 g/mol. The van der Waals surface area contributed by atoms with Crippen molar-refractivity contribution in [2.24, 2.45) is 0 Å². The fraction of sp³-hybridized carbons (Fsp3) is 0.182. The second-order valence-electron chi connectivity index (χ2n) is 4.03. The van der Waals surface area contributed by atoms with Crippen molar-refractivity contribution < 1.29 is 22.7 Å². The summed E-state index contributed by atoms with van der Waals surface area (Å²) < 4.78 is 31.1. The third kappa shape index (κ3) is 3.65. The van der Waals surface area contributed by atoms with Gasteiger partial charge in [-0.3, -0.25) is 9.97 Å². The highest BCUT2D eigenvalue weighted by Gasteiger charge is 2.24. The van der Waals surface area contributed by atoms with Gasteiger partial charge in [0.1, 0.15) is 4.90 Å². The van der Waals surface area contributed by atoms with Crippen LogP contribution in [0.15, 0.2) is 32.4 Å². The van der Waals surface area contributed by atoms with E-state index in [1.807, 2.05) is 0 Å². The number of rotatable bonds is 5. The van der Waals surface area contributed by atoms with Gasteiger partial charge in [0.2, 0.25) is 15.8 Å². The number of aryl methyl sites for hydroxylation is 1. The Morgan fingerprint density at radius 3 is 2.67 bits per heavy atom. The van der Waals surface area contributed by atoms with Gasteiger partial charge in [-0.25, -0.2) is 17.9 Å². The molecule has 0 radical (unpaired) electrons. The number of halogens is 1. The minimum Gasteiger partial charge on any atom is -0.475 e. The van der Waals surface area contributed by atoms with Crippen LogP contribution in [0.2, 0.25) is 0 Å². The molecule has 112 valence electrons. The number of carbonyl (C=O) groups is 1. The molecule has 0 bridgehead atoms. The predicted molar refractivity (Wildman–Crippen MR) is 74.2 cm³/mol. The number of carboxylic acids is 1. The van der Waals surface area contributed by atoms with Crippen LogP contribution in [0.3, 0.4) is 0 Å². The van der Waals surface area contributed by atoms with Gasteiger partial charge >= 0.3 is 5.97 Å². The fourth-order valence-electron chi connectivity index (χ4n) is 1.40. The van der Waals surface area contributed by atoms with Crippen molar-refractivity contribution in [2.45, 2.75) is 18.4 Å². The summed E-state index contributed by atoms with van der Waals surface area (Å²) in [6.07, 6.45) is 2.96. The van der Waals surface area contributed by atoms with Gasteiger partial charge in [0.05, 0.1) is 24.1 Å². The van der Waals surface area contributed by atoms with E-state index in [0.29, 0.717) is 11.4 Å². The van der Waals surface area contributed by atoms with Gasteiger partial charge < -0.3 is 9.52 Å². The van der Waals surface area contributed by atoms with Gasteiger partial charge in [-0.1, -0.05) is 0 Å². The second-order valence-corrected chi connectivity index (χ2v) is 6.48. The molecule has 2 aromatic heterocycles. The van der Waals surface area contributed by atoms with Crippen LogP contribution in [0.5, 0.6) is 0 Å². The molecular weight excluding hydrogens is 366 g/mol. The Labute approximate surface area is 128 Å². The Balaban J connectivity index is 2.18. The van der Waals surface area contributed by atoms with E-state index in [1.54, 1.807) is 6.92 Å². The Kier molecular flexibility index (Phi) is 4.40. The van der Waals surface area contributed by atoms with Crippen LogP contribution in [0.25, 0.3) is 0 Å². The van der Waals surface area contributed by atoms with Crippen molar-refractivity contribution in [2.75, 3.05) is 0 Å². The van der Waals surface area contributed by atoms with E-state index >= 15 is 0 Å². The quantitative estimate of drug-likeness (QED) is 0.807. The first-order valence-electron chi connectivity index (χ1n) is 5.59. The first kappa shape index (κ1) is 15.6. The van der Waals surface area contributed by atoms with E-state index in [-0.39, 0.29) is 16.1 Å². The highest BCUT2D eigenvalue weighted by Crippen LogP contribution is 2.26. The van der Waals surface area contributed by atoms with E-state index in [1.165, 1.54) is 12.4 Å². The summed E-state index contributed by atoms with van der Waals surface area (Å²) in [4.78, 5) is 18.5. The fourth-order valence-corrected chi connectivity index (χ4v) is 3.33. The van der Waals surface area contributed by atoms with Gasteiger partial charge in [-0.05, 0) is 22.9 Å². The van der Waals surface area contributed by atoms with Gasteiger partial charge in [-0.2, -0.15) is 0 Å². The minimum absolute atomic E-state index is 0.0738. The summed E-state index contributed by atoms with van der Waals surface area (Å²) in [6, 6.07) is 0.926. The Hall–Kier alpha value is -1.78. The molecule has 0 amide bonds. The maximum Gasteiger partial charge on any atom is 0.371 e. The van der Waals surface area contributed by atoms with Crippen LogP contribution in [0.4, 0.5) is 0 Å². The summed E-state index contributed by atoms with van der Waals surface area (Å²) in [6.45, 7) is 1.69. The smallest absolute Gasteiger partial charge is 0.371 e. The van der Waals surface area contributed by atoms with Crippen molar-refractivity contribution in [3.8, 4) is 0 Å². The molecule has 0 unspecified atom stereocenters. The first-order valence-corrected chi connectivity index (χ1v) is 7.87. The molecule has 0 atom stereocenters. The van der Waals surface area contributed by atoms with Gasteiger partial charge in [0.25, 0.3) is 0 Å². The monoisotopic (exact) mass is 375 g/mol. The lowest BCUT2D eigenvalue weighted by atomic mass is 10.4. The first-order chi connectivity index (χ1) is 9.79. The van der Waals surface area contributed by atoms with E-state index in [4.69, 9.17) is 9.52 Å². The van der Waals surface area contributed by atoms with Crippen LogP contribution in [-0.2, 0) is 16.6 Å². The van der Waals surface area contributed by atoms with E-state index in [0.717, 1.165) is 6.07 Å². The van der Waals surface area contributed by atoms with Crippen molar-refractivity contribution >= 4 is 31.9 Å². The number of furan rings is 1. The van der Waals surface area contributed by atoms with Crippen LogP contribution in [-0.4, -0.2) is 29.5 Å². The van der Waals surface area contributed by atoms with Crippen molar-refractivity contribution in [3.63, 3.8) is 0 Å². The number of nitrogens with one attached hydrogen (secondary N) is 1. The SMILES string of the molecule is Cc1cnc(CNS(=O)(=O)c2cc(C(=O)O)oc2Br)cn1. The van der Waals surface area contributed by atoms with Crippen molar-refractivity contribution in [1.82, 2.24) is 14.7 Å². The summed E-state index contributed by atoms with van der Waals surface area (Å²) in [5.74, 6) is -1.83. The highest BCUT2D eigenvalue weighted by atomic mass is 79.9. The molecule has 2 N–H and O–H groups in total. The Bertz CT molecular complexity index is 770. The number of nitrogens with zero attached hydrogens (tertiary/aromatic N) is 2. The number of aromatic nitrogens is 2. The van der Waals surface area contributed by atoms with Crippen molar-refractivity contribution in [3.05, 3.63) is 40.3 Å². The standard InChI is InChI=1S/C11H10BrN3O5S/c1-6-3-14-7(4-13-6)5-15-21(18,19)9-2-8(11(16)17)20-10(9)12/h2-4,15H,5H2,1H3,(H,16,17). The van der Waals surface area contributed by atoms with Gasteiger partial charge in [0.15, 0.2) is 4.67 Å². The lowest BCUT2D eigenvalue weighted by Gasteiger charge is -2.04. The molecule has 21 heavy (non-hydrogen) atoms. The van der Waals surface area contributed by atoms with Gasteiger partial charge in [-0.15, -0.1) is 0 Å². The topological polar surface area (TPSA) is 122 Å². The summed E-state index contributed by atoms with van der Waals surface area (Å²) >= 11 is 2.88. The molecule has 0 aromatic carbocycles. The summed E-state index contributed by atoms with van der Waals surface area (Å²) in [7, 11) is -3.93. The molecule has 0 fully saturated rings. The van der Waals surface area contributed by atoms with E-state index in [9.17, 15) is 13.2 Å². The zero-order chi connectivity index (χ0) is 15.6. The highest BCUT2D eigenvalue weighted by molar-refractivity contribution is 9.10. The lowest BCUT2D eigenvalue weighted by molar-refractivity contribution is 0.0661. The van der Waals surface area contributed by atoms with Crippen molar-refractivity contribution in [1.29, 1.82) is 0 Å². The zero-order valence-corrected chi connectivity index (χ0v) is 13.1. The number of aromatic carboxylic acids is 1. The molecule has 2 heterocycles. The maximum atomic E-state index is 12.1. The summed E-state index contributed by atoms with van der Waals surface area (Å²) in [5, 5.41) is 8.77. The number of carboxylic acid groups (broad SMARTS) is 1. The van der Waals surface area contributed by atoms with E-state index in [2.05, 4.69) is 30.6 Å². The molecular formula is C11H10BrN3O5S. The molecule has 0 spiro atoms. The maximum absolute atomic E-state index is 12.1. The molecule has 8 nitrogen and oxygen atoms in total. The molecule has 0 aliphatic carbocycles. The normalized spacial score (nSPS) is 11.5. The molecule has 10 heteroatoms. The van der Waals surface area contributed by atoms with Crippen LogP contribution >= 0.6 is 15.9 Å². The van der Waals surface area contributed by atoms with Crippen LogP contribution < -0.4 is 4.72 Å². The largest absolute Gasteiger partial charge is 0.475 e. The Morgan fingerprint density at radius 2 is 2.14 bits per heavy atom. The second kappa shape index (κ2) is 5.92. The Morgan fingerprint density at radius 1 is 1.43 bits per heavy atom.